The van der Waals surface area contributed by atoms with E-state index in [0.29, 0.717) is 17.8 Å². The van der Waals surface area contributed by atoms with E-state index < -0.39 is 18.0 Å². The lowest BCUT2D eigenvalue weighted by Crippen LogP contribution is -2.33. The molecule has 0 saturated heterocycles. The van der Waals surface area contributed by atoms with Gasteiger partial charge in [0.2, 0.25) is 11.6 Å². The monoisotopic (exact) mass is 348 g/mol. The minimum absolute atomic E-state index is 0.0934. The van der Waals surface area contributed by atoms with Gasteiger partial charge in [0.05, 0.1) is 23.0 Å². The summed E-state index contributed by atoms with van der Waals surface area (Å²) in [5.41, 5.74) is 12.5. The quantitative estimate of drug-likeness (QED) is 0.695. The van der Waals surface area contributed by atoms with Crippen molar-refractivity contribution in [3.8, 4) is 0 Å². The number of likely N-dealkylation sites (N-methyl/N-ethyl adjacent to an activating group) is 1. The zero-order chi connectivity index (χ0) is 18.5. The van der Waals surface area contributed by atoms with Gasteiger partial charge in [0.1, 0.15) is 18.4 Å². The van der Waals surface area contributed by atoms with Crippen LogP contribution in [0.2, 0.25) is 0 Å². The Labute approximate surface area is 143 Å². The highest BCUT2D eigenvalue weighted by atomic mass is 16.5. The molecule has 0 spiro atoms. The number of ether oxygens (including phenoxy) is 2. The fraction of sp³-hybridized carbons (Fsp3) is 0.438. The Kier molecular flexibility index (Phi) is 4.13. The van der Waals surface area contributed by atoms with Gasteiger partial charge in [0.15, 0.2) is 0 Å². The van der Waals surface area contributed by atoms with E-state index in [4.69, 9.17) is 20.9 Å². The minimum atomic E-state index is -0.972. The number of aromatic nitrogens is 1. The molecule has 0 unspecified atom stereocenters. The summed E-state index contributed by atoms with van der Waals surface area (Å²) in [6, 6.07) is -0.0934. The molecule has 25 heavy (non-hydrogen) atoms. The topological polar surface area (TPSA) is 139 Å². The van der Waals surface area contributed by atoms with Crippen molar-refractivity contribution < 1.29 is 23.9 Å². The molecule has 0 radical (unpaired) electrons. The standard InChI is InChI=1S/C16H20N4O5/c1-6-10(17)14(22)9-7(5-25-16(18)23)11-15(24-3)8(19-2)4-20(11)12(9)13(6)21/h8,15,19H,4-5,17H2,1-3H3,(H2,18,23)/t8-,15+/m0/s1. The number of hydrogen-bond acceptors (Lipinski definition) is 7. The van der Waals surface area contributed by atoms with Crippen LogP contribution in [-0.4, -0.2) is 42.4 Å². The Morgan fingerprint density at radius 3 is 2.60 bits per heavy atom. The lowest BCUT2D eigenvalue weighted by atomic mass is 9.89. The number of nitrogens with two attached hydrogens (primary N) is 2. The zero-order valence-corrected chi connectivity index (χ0v) is 14.2. The molecule has 2 aliphatic rings. The summed E-state index contributed by atoms with van der Waals surface area (Å²) in [7, 11) is 3.32. The molecule has 5 N–H and O–H groups in total. The van der Waals surface area contributed by atoms with Gasteiger partial charge in [-0.3, -0.25) is 9.59 Å². The number of hydrogen-bond donors (Lipinski definition) is 3. The Balaban J connectivity index is 2.24. The number of carbonyl (C=O) groups is 3. The van der Waals surface area contributed by atoms with Crippen LogP contribution in [0, 0.1) is 0 Å². The van der Waals surface area contributed by atoms with Crippen LogP contribution in [0.1, 0.15) is 45.1 Å². The Bertz CT molecular complexity index is 823. The Morgan fingerprint density at radius 2 is 2.04 bits per heavy atom. The molecule has 1 aliphatic heterocycles. The number of nitrogens with one attached hydrogen (secondary N) is 1. The second-order valence-corrected chi connectivity index (χ2v) is 6.05. The fourth-order valence-corrected chi connectivity index (χ4v) is 3.58. The van der Waals surface area contributed by atoms with Crippen molar-refractivity contribution in [2.75, 3.05) is 14.2 Å². The summed E-state index contributed by atoms with van der Waals surface area (Å²) in [6.07, 6.45) is -1.38. The van der Waals surface area contributed by atoms with Crippen LogP contribution in [-0.2, 0) is 22.6 Å². The van der Waals surface area contributed by atoms with Crippen molar-refractivity contribution in [2.24, 2.45) is 11.5 Å². The first-order valence-electron chi connectivity index (χ1n) is 7.76. The van der Waals surface area contributed by atoms with Gasteiger partial charge in [0.25, 0.3) is 0 Å². The molecular formula is C16H20N4O5. The third-order valence-electron chi connectivity index (χ3n) is 4.84. The van der Waals surface area contributed by atoms with E-state index in [-0.39, 0.29) is 41.0 Å². The third kappa shape index (κ3) is 2.35. The normalized spacial score (nSPS) is 22.2. The Hall–Kier alpha value is -2.65. The SMILES string of the molecule is CN[C@H]1Cn2c3c(c(COC(N)=O)c2[C@@H]1OC)C(=O)C(N)=C(C)C3=O. The molecule has 9 nitrogen and oxygen atoms in total. The van der Waals surface area contributed by atoms with Crippen molar-refractivity contribution in [2.45, 2.75) is 32.2 Å². The van der Waals surface area contributed by atoms with Gasteiger partial charge >= 0.3 is 6.09 Å². The van der Waals surface area contributed by atoms with Crippen LogP contribution in [0.25, 0.3) is 0 Å². The second-order valence-electron chi connectivity index (χ2n) is 6.05. The van der Waals surface area contributed by atoms with Crippen LogP contribution in [0.15, 0.2) is 11.3 Å². The molecule has 2 atom stereocenters. The van der Waals surface area contributed by atoms with Gasteiger partial charge in [-0.2, -0.15) is 0 Å². The summed E-state index contributed by atoms with van der Waals surface area (Å²) < 4.78 is 12.2. The number of Topliss-reactive ketones (excluding diaryl/α,β-unsaturated/α-hetero) is 2. The predicted molar refractivity (Wildman–Crippen MR) is 87.0 cm³/mol. The van der Waals surface area contributed by atoms with E-state index in [2.05, 4.69) is 5.32 Å². The number of ketones is 2. The smallest absolute Gasteiger partial charge is 0.404 e. The molecule has 1 aromatic rings. The van der Waals surface area contributed by atoms with E-state index >= 15 is 0 Å². The maximum Gasteiger partial charge on any atom is 0.404 e. The van der Waals surface area contributed by atoms with Crippen molar-refractivity contribution in [1.82, 2.24) is 9.88 Å². The molecule has 0 saturated carbocycles. The number of primary amides is 1. The van der Waals surface area contributed by atoms with Gasteiger partial charge < -0.3 is 30.8 Å². The van der Waals surface area contributed by atoms with Crippen molar-refractivity contribution in [1.29, 1.82) is 0 Å². The average Bonchev–Trinajstić information content (AvgIpc) is 3.09. The molecule has 2 heterocycles. The number of rotatable bonds is 4. The predicted octanol–water partition coefficient (Wildman–Crippen LogP) is -0.0158. The lowest BCUT2D eigenvalue weighted by molar-refractivity contribution is 0.0784. The van der Waals surface area contributed by atoms with Gasteiger partial charge in [-0.05, 0) is 14.0 Å². The summed E-state index contributed by atoms with van der Waals surface area (Å²) in [5.74, 6) is -0.766. The molecule has 134 valence electrons. The van der Waals surface area contributed by atoms with Crippen LogP contribution in [0.5, 0.6) is 0 Å². The maximum absolute atomic E-state index is 12.8. The number of carbonyl (C=O) groups excluding carboxylic acids is 3. The first-order chi connectivity index (χ1) is 11.8. The van der Waals surface area contributed by atoms with Gasteiger partial charge in [-0.25, -0.2) is 4.79 Å². The fourth-order valence-electron chi connectivity index (χ4n) is 3.58. The van der Waals surface area contributed by atoms with Crippen molar-refractivity contribution >= 4 is 17.7 Å². The maximum atomic E-state index is 12.8. The molecule has 0 fully saturated rings. The molecule has 0 bridgehead atoms. The summed E-state index contributed by atoms with van der Waals surface area (Å²) in [6.45, 7) is 1.73. The van der Waals surface area contributed by atoms with Crippen molar-refractivity contribution in [3.63, 3.8) is 0 Å². The highest BCUT2D eigenvalue weighted by molar-refractivity contribution is 6.26. The number of nitrogens with zero attached hydrogens (tertiary/aromatic N) is 1. The van der Waals surface area contributed by atoms with E-state index in [9.17, 15) is 14.4 Å². The number of amides is 1. The van der Waals surface area contributed by atoms with E-state index in [1.165, 1.54) is 14.0 Å². The molecule has 9 heteroatoms. The molecule has 1 amide bonds. The molecule has 1 aromatic heterocycles. The average molecular weight is 348 g/mol. The summed E-state index contributed by atoms with van der Waals surface area (Å²) >= 11 is 0. The zero-order valence-electron chi connectivity index (χ0n) is 14.2. The highest BCUT2D eigenvalue weighted by Gasteiger charge is 2.44. The highest BCUT2D eigenvalue weighted by Crippen LogP contribution is 2.41. The molecular weight excluding hydrogens is 328 g/mol. The van der Waals surface area contributed by atoms with Crippen LogP contribution >= 0.6 is 0 Å². The van der Waals surface area contributed by atoms with Gasteiger partial charge in [-0.15, -0.1) is 0 Å². The van der Waals surface area contributed by atoms with Crippen LogP contribution in [0.3, 0.4) is 0 Å². The molecule has 0 aromatic carbocycles. The number of fused-ring (bicyclic) bond motifs is 3. The lowest BCUT2D eigenvalue weighted by Gasteiger charge is -2.20. The van der Waals surface area contributed by atoms with Gasteiger partial charge in [-0.1, -0.05) is 0 Å². The molecule has 1 aliphatic carbocycles. The second kappa shape index (κ2) is 6.01. The van der Waals surface area contributed by atoms with Crippen molar-refractivity contribution in [3.05, 3.63) is 33.8 Å². The minimum Gasteiger partial charge on any atom is -0.445 e. The largest absolute Gasteiger partial charge is 0.445 e. The number of methoxy groups -OCH3 is 1. The number of allylic oxidation sites excluding steroid dienone is 2. The summed E-state index contributed by atoms with van der Waals surface area (Å²) in [5, 5.41) is 3.13. The van der Waals surface area contributed by atoms with E-state index in [1.54, 1.807) is 11.6 Å². The third-order valence-corrected chi connectivity index (χ3v) is 4.84. The van der Waals surface area contributed by atoms with E-state index in [0.717, 1.165) is 0 Å². The van der Waals surface area contributed by atoms with Gasteiger partial charge in [0, 0.05) is 24.8 Å². The first kappa shape index (κ1) is 17.2. The summed E-state index contributed by atoms with van der Waals surface area (Å²) in [4.78, 5) is 36.5. The van der Waals surface area contributed by atoms with E-state index in [1.807, 2.05) is 0 Å². The van der Waals surface area contributed by atoms with Crippen LogP contribution in [0.4, 0.5) is 4.79 Å². The van der Waals surface area contributed by atoms with Crippen LogP contribution < -0.4 is 16.8 Å². The molecule has 3 rings (SSSR count). The Morgan fingerprint density at radius 1 is 1.36 bits per heavy atom. The first-order valence-corrected chi connectivity index (χ1v) is 7.76.